The molecule has 0 fully saturated rings. The first-order chi connectivity index (χ1) is 27.5. The maximum absolute atomic E-state index is 12.6. The molecule has 1 aromatic rings. The molecule has 0 aliphatic rings. The van der Waals surface area contributed by atoms with Gasteiger partial charge >= 0.3 is 19.8 Å². The molecule has 0 aliphatic heterocycles. The molecular weight excluding hydrogens is 745 g/mol. The fraction of sp³-hybridized carbons (Fsp3) is 0.733. The van der Waals surface area contributed by atoms with Crippen molar-refractivity contribution in [3.8, 4) is 0 Å². The average Bonchev–Trinajstić information content (AvgIpc) is 3.45. The molecule has 0 aliphatic carbocycles. The van der Waals surface area contributed by atoms with Gasteiger partial charge in [0.15, 0.2) is 6.10 Å². The number of furan rings is 1. The molecule has 1 rings (SSSR count). The molecule has 0 spiro atoms. The smallest absolute Gasteiger partial charge is 0.466 e. The van der Waals surface area contributed by atoms with Gasteiger partial charge < -0.3 is 29.6 Å². The van der Waals surface area contributed by atoms with Gasteiger partial charge in [-0.1, -0.05) is 121 Å². The van der Waals surface area contributed by atoms with E-state index in [1.54, 1.807) is 12.2 Å². The number of carbonyl (C=O) groups is 2. The van der Waals surface area contributed by atoms with Crippen LogP contribution in [-0.2, 0) is 45.5 Å². The molecule has 3 atom stereocenters. The third-order valence-electron chi connectivity index (χ3n) is 9.84. The van der Waals surface area contributed by atoms with Crippen molar-refractivity contribution in [2.24, 2.45) is 5.73 Å². The van der Waals surface area contributed by atoms with Crippen molar-refractivity contribution in [1.29, 1.82) is 0 Å². The first-order valence-corrected chi connectivity index (χ1v) is 23.4. The minimum atomic E-state index is -4.45. The van der Waals surface area contributed by atoms with Gasteiger partial charge in [0.25, 0.3) is 0 Å². The number of hydrogen-bond donors (Lipinski definition) is 3. The first-order valence-electron chi connectivity index (χ1n) is 21.9. The minimum absolute atomic E-state index is 0.00408. The van der Waals surface area contributed by atoms with Crippen molar-refractivity contribution in [1.82, 2.24) is 0 Å². The van der Waals surface area contributed by atoms with Crippen LogP contribution in [0.15, 0.2) is 40.9 Å². The minimum Gasteiger partial charge on any atom is -0.466 e. The van der Waals surface area contributed by atoms with Gasteiger partial charge in [-0.15, -0.1) is 0 Å². The zero-order valence-electron chi connectivity index (χ0n) is 35.9. The third-order valence-corrected chi connectivity index (χ3v) is 10.8. The lowest BCUT2D eigenvalue weighted by Crippen LogP contribution is -2.29. The Labute approximate surface area is 344 Å². The fourth-order valence-electron chi connectivity index (χ4n) is 6.23. The maximum Gasteiger partial charge on any atom is 0.472 e. The molecule has 57 heavy (non-hydrogen) atoms. The average molecular weight is 824 g/mol. The first kappa shape index (κ1) is 52.5. The molecule has 0 bridgehead atoms. The molecule has 1 heterocycles. The molecular formula is C45H78NO10P. The number of nitrogens with two attached hydrogens (primary N) is 1. The summed E-state index contributed by atoms with van der Waals surface area (Å²) in [6.45, 7) is 7.73. The van der Waals surface area contributed by atoms with Crippen LogP contribution < -0.4 is 5.73 Å². The normalized spacial score (nSPS) is 14.2. The maximum atomic E-state index is 12.6. The number of hydrogen-bond acceptors (Lipinski definition) is 10. The van der Waals surface area contributed by atoms with Gasteiger partial charge in [-0.3, -0.25) is 18.6 Å². The Morgan fingerprint density at radius 3 is 2.02 bits per heavy atom. The van der Waals surface area contributed by atoms with E-state index in [4.69, 9.17) is 28.7 Å². The SMILES string of the molecule is CCCCCCCC/C=C/C/C=C/C=C/C(O)CCCC(=O)O[C@H](COC(=O)CCCCCCCCc1oc(CCCCC)c(C)c1C)COP(=O)(O)OCCN. The number of carbonyl (C=O) groups excluding carboxylic acids is 2. The highest BCUT2D eigenvalue weighted by Crippen LogP contribution is 2.43. The molecule has 12 heteroatoms. The lowest BCUT2D eigenvalue weighted by molar-refractivity contribution is -0.161. The molecule has 2 unspecified atom stereocenters. The predicted octanol–water partition coefficient (Wildman–Crippen LogP) is 10.8. The quantitative estimate of drug-likeness (QED) is 0.0192. The van der Waals surface area contributed by atoms with E-state index in [0.29, 0.717) is 19.3 Å². The number of allylic oxidation sites excluding steroid dienone is 5. The van der Waals surface area contributed by atoms with Crippen molar-refractivity contribution in [2.45, 2.75) is 188 Å². The van der Waals surface area contributed by atoms with Gasteiger partial charge in [-0.2, -0.15) is 0 Å². The summed E-state index contributed by atoms with van der Waals surface area (Å²) in [5.74, 6) is 1.20. The Balaban J connectivity index is 2.37. The van der Waals surface area contributed by atoms with Crippen molar-refractivity contribution < 1.29 is 47.1 Å². The summed E-state index contributed by atoms with van der Waals surface area (Å²) < 4.78 is 38.9. The molecule has 4 N–H and O–H groups in total. The van der Waals surface area contributed by atoms with Crippen LogP contribution in [0.1, 0.15) is 171 Å². The van der Waals surface area contributed by atoms with Crippen LogP contribution in [0.4, 0.5) is 0 Å². The summed E-state index contributed by atoms with van der Waals surface area (Å²) in [6, 6.07) is 0. The van der Waals surface area contributed by atoms with E-state index in [0.717, 1.165) is 69.3 Å². The molecule has 0 saturated carbocycles. The number of unbranched alkanes of at least 4 members (excludes halogenated alkanes) is 13. The molecule has 0 saturated heterocycles. The zero-order valence-corrected chi connectivity index (χ0v) is 36.8. The van der Waals surface area contributed by atoms with E-state index in [9.17, 15) is 24.2 Å². The van der Waals surface area contributed by atoms with Crippen LogP contribution in [0.25, 0.3) is 0 Å². The summed E-state index contributed by atoms with van der Waals surface area (Å²) in [5, 5.41) is 10.3. The number of ether oxygens (including phenoxy) is 2. The number of aliphatic hydroxyl groups excluding tert-OH is 1. The number of phosphoric ester groups is 1. The van der Waals surface area contributed by atoms with E-state index >= 15 is 0 Å². The summed E-state index contributed by atoms with van der Waals surface area (Å²) in [4.78, 5) is 35.0. The lowest BCUT2D eigenvalue weighted by Gasteiger charge is -2.20. The Morgan fingerprint density at radius 2 is 1.33 bits per heavy atom. The second-order valence-corrected chi connectivity index (χ2v) is 16.4. The van der Waals surface area contributed by atoms with Gasteiger partial charge in [-0.25, -0.2) is 4.57 Å². The monoisotopic (exact) mass is 824 g/mol. The van der Waals surface area contributed by atoms with Gasteiger partial charge in [0.05, 0.1) is 19.3 Å². The van der Waals surface area contributed by atoms with Crippen LogP contribution in [-0.4, -0.2) is 60.5 Å². The van der Waals surface area contributed by atoms with Crippen LogP contribution in [0.2, 0.25) is 0 Å². The zero-order chi connectivity index (χ0) is 42.0. The number of aryl methyl sites for hydroxylation is 2. The van der Waals surface area contributed by atoms with E-state index in [1.807, 2.05) is 12.2 Å². The fourth-order valence-corrected chi connectivity index (χ4v) is 7.00. The van der Waals surface area contributed by atoms with Crippen molar-refractivity contribution >= 4 is 19.8 Å². The summed E-state index contributed by atoms with van der Waals surface area (Å²) in [6.07, 6.45) is 31.9. The topological polar surface area (TPSA) is 168 Å². The Hall–Kier alpha value is -2.53. The van der Waals surface area contributed by atoms with Crippen molar-refractivity contribution in [3.63, 3.8) is 0 Å². The van der Waals surface area contributed by atoms with E-state index in [1.165, 1.54) is 68.9 Å². The van der Waals surface area contributed by atoms with Crippen LogP contribution in [0.5, 0.6) is 0 Å². The molecule has 1 aromatic heterocycles. The summed E-state index contributed by atoms with van der Waals surface area (Å²) in [5.41, 5.74) is 7.92. The molecule has 328 valence electrons. The van der Waals surface area contributed by atoms with E-state index < -0.39 is 38.6 Å². The Kier molecular flexibility index (Phi) is 31.6. The molecule has 11 nitrogen and oxygen atoms in total. The lowest BCUT2D eigenvalue weighted by atomic mass is 10.0. The number of rotatable bonds is 37. The number of phosphoric acid groups is 1. The largest absolute Gasteiger partial charge is 0.472 e. The third kappa shape index (κ3) is 28.5. The highest BCUT2D eigenvalue weighted by Gasteiger charge is 2.26. The Morgan fingerprint density at radius 1 is 0.737 bits per heavy atom. The van der Waals surface area contributed by atoms with Gasteiger partial charge in [0.2, 0.25) is 0 Å². The van der Waals surface area contributed by atoms with Crippen LogP contribution in [0, 0.1) is 13.8 Å². The highest BCUT2D eigenvalue weighted by molar-refractivity contribution is 7.47. The standard InChI is InChI=1S/C45H78NO10P/c1-5-7-9-10-11-12-13-14-15-16-17-20-24-28-40(47)29-27-33-45(49)55-41(37-54-57(50,51)53-35-34-46)36-52-44(48)32-26-22-19-18-21-25-31-43-39(4)38(3)42(56-43)30-23-8-6-2/h14-15,17,20,24,28,40-41,47H,5-13,16,18-19,21-23,25-27,29-37,46H2,1-4H3,(H,50,51)/b15-14+,20-17+,28-24+/t40?,41-/m1/s1. The van der Waals surface area contributed by atoms with E-state index in [-0.39, 0.29) is 32.6 Å². The molecule has 0 amide bonds. The summed E-state index contributed by atoms with van der Waals surface area (Å²) in [7, 11) is -4.45. The number of aliphatic hydroxyl groups is 1. The van der Waals surface area contributed by atoms with Gasteiger partial charge in [0.1, 0.15) is 18.1 Å². The van der Waals surface area contributed by atoms with Crippen LogP contribution >= 0.6 is 7.82 Å². The highest BCUT2D eigenvalue weighted by atomic mass is 31.2. The van der Waals surface area contributed by atoms with Gasteiger partial charge in [-0.05, 0) is 76.3 Å². The second kappa shape index (κ2) is 34.3. The molecule has 0 aromatic carbocycles. The summed E-state index contributed by atoms with van der Waals surface area (Å²) >= 11 is 0. The number of esters is 2. The van der Waals surface area contributed by atoms with Crippen LogP contribution in [0.3, 0.4) is 0 Å². The molecule has 0 radical (unpaired) electrons. The Bertz CT molecular complexity index is 1320. The van der Waals surface area contributed by atoms with Crippen molar-refractivity contribution in [3.05, 3.63) is 59.1 Å². The van der Waals surface area contributed by atoms with Gasteiger partial charge in [0, 0.05) is 32.2 Å². The second-order valence-electron chi connectivity index (χ2n) is 15.0. The van der Waals surface area contributed by atoms with E-state index in [2.05, 4.69) is 39.8 Å². The van der Waals surface area contributed by atoms with Crippen molar-refractivity contribution in [2.75, 3.05) is 26.4 Å². The predicted molar refractivity (Wildman–Crippen MR) is 229 cm³/mol.